The zero-order chi connectivity index (χ0) is 18.9. The highest BCUT2D eigenvalue weighted by Crippen LogP contribution is 2.12. The van der Waals surface area contributed by atoms with Crippen LogP contribution in [-0.4, -0.2) is 29.0 Å². The Balaban J connectivity index is 1.23. The number of para-hydroxylation sites is 2. The number of hydrogen-bond donors (Lipinski definition) is 2. The molecule has 1 aromatic heterocycles. The van der Waals surface area contributed by atoms with Crippen LogP contribution in [0.3, 0.4) is 0 Å². The summed E-state index contributed by atoms with van der Waals surface area (Å²) < 4.78 is 18.1. The number of halogens is 1. The summed E-state index contributed by atoms with van der Waals surface area (Å²) in [7, 11) is 0. The number of ether oxygens (including phenoxy) is 1. The predicted molar refractivity (Wildman–Crippen MR) is 103 cm³/mol. The molecule has 5 nitrogen and oxygen atoms in total. The third-order valence-electron chi connectivity index (χ3n) is 4.27. The third-order valence-corrected chi connectivity index (χ3v) is 4.27. The number of H-pyrrole nitrogens is 1. The SMILES string of the molecule is O=C(COCc1ccc(F)cc1)NCCCCCc1nc2ccccc2[nH]1. The van der Waals surface area contributed by atoms with Crippen LogP contribution in [-0.2, 0) is 22.6 Å². The average Bonchev–Trinajstić information content (AvgIpc) is 3.09. The number of aromatic nitrogens is 2. The first kappa shape index (κ1) is 19.0. The molecule has 0 saturated carbocycles. The molecule has 2 N–H and O–H groups in total. The Labute approximate surface area is 158 Å². The van der Waals surface area contributed by atoms with Gasteiger partial charge in [0.25, 0.3) is 0 Å². The summed E-state index contributed by atoms with van der Waals surface area (Å²) in [5, 5.41) is 2.85. The molecule has 0 unspecified atom stereocenters. The van der Waals surface area contributed by atoms with Crippen LogP contribution < -0.4 is 5.32 Å². The van der Waals surface area contributed by atoms with Crippen LogP contribution in [0.1, 0.15) is 30.7 Å². The van der Waals surface area contributed by atoms with E-state index in [1.165, 1.54) is 12.1 Å². The second-order valence-electron chi connectivity index (χ2n) is 6.48. The number of hydrogen-bond acceptors (Lipinski definition) is 3. The minimum Gasteiger partial charge on any atom is -0.367 e. The molecule has 0 atom stereocenters. The number of aryl methyl sites for hydroxylation is 1. The summed E-state index contributed by atoms with van der Waals surface area (Å²) in [5.74, 6) is 0.598. The molecule has 0 aliphatic heterocycles. The van der Waals surface area contributed by atoms with Crippen molar-refractivity contribution < 1.29 is 13.9 Å². The van der Waals surface area contributed by atoms with E-state index in [0.29, 0.717) is 13.2 Å². The molecule has 0 aliphatic rings. The first-order chi connectivity index (χ1) is 13.2. The molecule has 27 heavy (non-hydrogen) atoms. The number of fused-ring (bicyclic) bond motifs is 1. The van der Waals surface area contributed by atoms with Crippen LogP contribution in [0.25, 0.3) is 11.0 Å². The van der Waals surface area contributed by atoms with Gasteiger partial charge in [-0.15, -0.1) is 0 Å². The van der Waals surface area contributed by atoms with Gasteiger partial charge < -0.3 is 15.0 Å². The zero-order valence-electron chi connectivity index (χ0n) is 15.2. The minimum absolute atomic E-state index is 0.0103. The Morgan fingerprint density at radius 1 is 1.07 bits per heavy atom. The molecular weight excluding hydrogens is 345 g/mol. The lowest BCUT2D eigenvalue weighted by Gasteiger charge is -2.06. The van der Waals surface area contributed by atoms with Gasteiger partial charge in [0.05, 0.1) is 17.6 Å². The van der Waals surface area contributed by atoms with Crippen LogP contribution in [0.4, 0.5) is 4.39 Å². The maximum atomic E-state index is 12.8. The molecule has 3 rings (SSSR count). The van der Waals surface area contributed by atoms with Gasteiger partial charge in [-0.3, -0.25) is 4.79 Å². The smallest absolute Gasteiger partial charge is 0.246 e. The highest BCUT2D eigenvalue weighted by molar-refractivity contribution is 5.77. The fourth-order valence-electron chi connectivity index (χ4n) is 2.84. The molecular formula is C21H24FN3O2. The Kier molecular flexibility index (Phi) is 6.93. The molecule has 0 saturated heterocycles. The van der Waals surface area contributed by atoms with E-state index in [1.54, 1.807) is 12.1 Å². The molecule has 0 fully saturated rings. The fourth-order valence-corrected chi connectivity index (χ4v) is 2.84. The van der Waals surface area contributed by atoms with E-state index in [0.717, 1.165) is 48.1 Å². The van der Waals surface area contributed by atoms with Crippen molar-refractivity contribution in [1.82, 2.24) is 15.3 Å². The maximum absolute atomic E-state index is 12.8. The van der Waals surface area contributed by atoms with E-state index < -0.39 is 0 Å². The Morgan fingerprint density at radius 2 is 1.89 bits per heavy atom. The molecule has 0 bridgehead atoms. The van der Waals surface area contributed by atoms with E-state index in [9.17, 15) is 9.18 Å². The van der Waals surface area contributed by atoms with Crippen LogP contribution in [0.2, 0.25) is 0 Å². The van der Waals surface area contributed by atoms with Gasteiger partial charge in [0, 0.05) is 13.0 Å². The molecule has 0 aliphatic carbocycles. The van der Waals surface area contributed by atoms with Crippen LogP contribution in [0.15, 0.2) is 48.5 Å². The van der Waals surface area contributed by atoms with Crippen LogP contribution in [0.5, 0.6) is 0 Å². The average molecular weight is 369 g/mol. The Bertz CT molecular complexity index is 828. The van der Waals surface area contributed by atoms with Gasteiger partial charge in [-0.05, 0) is 42.7 Å². The van der Waals surface area contributed by atoms with Gasteiger partial charge in [-0.25, -0.2) is 9.37 Å². The largest absolute Gasteiger partial charge is 0.367 e. The molecule has 1 amide bonds. The first-order valence-corrected chi connectivity index (χ1v) is 9.23. The molecule has 0 radical (unpaired) electrons. The van der Waals surface area contributed by atoms with Crippen molar-refractivity contribution in [2.45, 2.75) is 32.3 Å². The van der Waals surface area contributed by atoms with Crippen molar-refractivity contribution >= 4 is 16.9 Å². The van der Waals surface area contributed by atoms with E-state index >= 15 is 0 Å². The standard InChI is InChI=1S/C21H24FN3O2/c22-17-11-9-16(10-12-17)14-27-15-21(26)23-13-5-1-2-8-20-24-18-6-3-4-7-19(18)25-20/h3-4,6-7,9-12H,1-2,5,8,13-15H2,(H,23,26)(H,24,25). The van der Waals surface area contributed by atoms with Crippen molar-refractivity contribution in [2.75, 3.05) is 13.2 Å². The second-order valence-corrected chi connectivity index (χ2v) is 6.48. The quantitative estimate of drug-likeness (QED) is 0.535. The van der Waals surface area contributed by atoms with Gasteiger partial charge in [-0.1, -0.05) is 30.7 Å². The van der Waals surface area contributed by atoms with Crippen molar-refractivity contribution in [3.63, 3.8) is 0 Å². The number of rotatable bonds is 10. The fraction of sp³-hybridized carbons (Fsp3) is 0.333. The zero-order valence-corrected chi connectivity index (χ0v) is 15.2. The van der Waals surface area contributed by atoms with E-state index in [2.05, 4.69) is 15.3 Å². The third kappa shape index (κ3) is 6.18. The van der Waals surface area contributed by atoms with Crippen molar-refractivity contribution in [3.8, 4) is 0 Å². The predicted octanol–water partition coefficient (Wildman–Crippen LogP) is 3.75. The number of aromatic amines is 1. The summed E-state index contributed by atoms with van der Waals surface area (Å²) in [6.45, 7) is 0.945. The first-order valence-electron chi connectivity index (χ1n) is 9.23. The molecule has 1 heterocycles. The summed E-state index contributed by atoms with van der Waals surface area (Å²) in [6, 6.07) is 14.1. The molecule has 0 spiro atoms. The summed E-state index contributed by atoms with van der Waals surface area (Å²) in [6.07, 6.45) is 3.87. The number of benzene rings is 2. The maximum Gasteiger partial charge on any atom is 0.246 e. The number of carbonyl (C=O) groups excluding carboxylic acids is 1. The van der Waals surface area contributed by atoms with Crippen molar-refractivity contribution in [2.24, 2.45) is 0 Å². The lowest BCUT2D eigenvalue weighted by Crippen LogP contribution is -2.28. The minimum atomic E-state index is -0.281. The highest BCUT2D eigenvalue weighted by atomic mass is 19.1. The van der Waals surface area contributed by atoms with Crippen molar-refractivity contribution in [1.29, 1.82) is 0 Å². The lowest BCUT2D eigenvalue weighted by atomic mass is 10.2. The molecule has 3 aromatic rings. The van der Waals surface area contributed by atoms with Crippen molar-refractivity contribution in [3.05, 3.63) is 65.7 Å². The highest BCUT2D eigenvalue weighted by Gasteiger charge is 2.03. The normalized spacial score (nSPS) is 11.0. The van der Waals surface area contributed by atoms with E-state index in [1.807, 2.05) is 24.3 Å². The van der Waals surface area contributed by atoms with Crippen LogP contribution >= 0.6 is 0 Å². The summed E-state index contributed by atoms with van der Waals surface area (Å²) in [5.41, 5.74) is 2.91. The van der Waals surface area contributed by atoms with Gasteiger partial charge in [-0.2, -0.15) is 0 Å². The van der Waals surface area contributed by atoms with Gasteiger partial charge in [0.15, 0.2) is 0 Å². The molecule has 6 heteroatoms. The number of nitrogens with zero attached hydrogens (tertiary/aromatic N) is 1. The summed E-state index contributed by atoms with van der Waals surface area (Å²) >= 11 is 0. The lowest BCUT2D eigenvalue weighted by molar-refractivity contribution is -0.126. The van der Waals surface area contributed by atoms with Gasteiger partial charge in [0.2, 0.25) is 5.91 Å². The van der Waals surface area contributed by atoms with E-state index in [4.69, 9.17) is 4.74 Å². The number of nitrogens with one attached hydrogen (secondary N) is 2. The number of amides is 1. The molecule has 2 aromatic carbocycles. The van der Waals surface area contributed by atoms with Gasteiger partial charge in [0.1, 0.15) is 18.2 Å². The van der Waals surface area contributed by atoms with E-state index in [-0.39, 0.29) is 18.3 Å². The number of imidazole rings is 1. The topological polar surface area (TPSA) is 67.0 Å². The number of unbranched alkanes of at least 4 members (excludes halogenated alkanes) is 2. The van der Waals surface area contributed by atoms with Crippen LogP contribution in [0, 0.1) is 5.82 Å². The number of carbonyl (C=O) groups is 1. The molecule has 142 valence electrons. The second kappa shape index (κ2) is 9.83. The Hall–Kier alpha value is -2.73. The summed E-state index contributed by atoms with van der Waals surface area (Å²) in [4.78, 5) is 19.6. The monoisotopic (exact) mass is 369 g/mol. The Morgan fingerprint density at radius 3 is 2.70 bits per heavy atom. The van der Waals surface area contributed by atoms with Gasteiger partial charge >= 0.3 is 0 Å².